The first-order chi connectivity index (χ1) is 10.8. The minimum absolute atomic E-state index is 0.216. The number of fused-ring (bicyclic) bond motifs is 1. The van der Waals surface area contributed by atoms with Gasteiger partial charge in [0, 0.05) is 5.56 Å². The van der Waals surface area contributed by atoms with Crippen molar-refractivity contribution in [1.82, 2.24) is 0 Å². The van der Waals surface area contributed by atoms with E-state index in [9.17, 15) is 4.79 Å². The molecule has 2 aromatic carbocycles. The number of cyclic esters (lactones) is 1. The van der Waals surface area contributed by atoms with Crippen LogP contribution in [0.15, 0.2) is 59.2 Å². The van der Waals surface area contributed by atoms with E-state index in [4.69, 9.17) is 14.2 Å². The molecule has 0 spiro atoms. The second-order valence-corrected chi connectivity index (χ2v) is 4.81. The van der Waals surface area contributed by atoms with Gasteiger partial charge in [-0.15, -0.1) is 0 Å². The van der Waals surface area contributed by atoms with E-state index >= 15 is 0 Å². The quantitative estimate of drug-likeness (QED) is 0.631. The molecule has 0 bridgehead atoms. The molecule has 0 saturated carbocycles. The number of hydrogen-bond acceptors (Lipinski definition) is 5. The molecule has 2 aliphatic rings. The summed E-state index contributed by atoms with van der Waals surface area (Å²) in [6.45, 7) is 0.216. The van der Waals surface area contributed by atoms with E-state index in [0.717, 1.165) is 11.1 Å². The Hall–Kier alpha value is -3.08. The molecule has 0 radical (unpaired) electrons. The highest BCUT2D eigenvalue weighted by atomic mass is 16.7. The Kier molecular flexibility index (Phi) is 2.89. The molecule has 4 rings (SSSR count). The standard InChI is InChI=1S/C17H11NO4/c19-17-13(18-16(22-17)12-4-2-1-3-5-12)8-11-6-7-14-15(9-11)21-10-20-14/h1-9H,10H2/b13-8+. The molecule has 0 amide bonds. The Morgan fingerprint density at radius 3 is 2.68 bits per heavy atom. The van der Waals surface area contributed by atoms with Gasteiger partial charge in [0.05, 0.1) is 0 Å². The summed E-state index contributed by atoms with van der Waals surface area (Å²) >= 11 is 0. The monoisotopic (exact) mass is 293 g/mol. The number of aliphatic imine (C=N–C) groups is 1. The van der Waals surface area contributed by atoms with Crippen molar-refractivity contribution in [3.8, 4) is 11.5 Å². The summed E-state index contributed by atoms with van der Waals surface area (Å²) in [5, 5.41) is 0. The summed E-state index contributed by atoms with van der Waals surface area (Å²) in [5.74, 6) is 1.21. The lowest BCUT2D eigenvalue weighted by Crippen LogP contribution is -2.04. The second kappa shape index (κ2) is 5.04. The third-order valence-corrected chi connectivity index (χ3v) is 3.34. The molecule has 0 aromatic heterocycles. The Labute approximate surface area is 126 Å². The maximum absolute atomic E-state index is 11.9. The van der Waals surface area contributed by atoms with Crippen LogP contribution in [0.4, 0.5) is 0 Å². The number of carbonyl (C=O) groups is 1. The summed E-state index contributed by atoms with van der Waals surface area (Å²) in [7, 11) is 0. The van der Waals surface area contributed by atoms with Crippen LogP contribution < -0.4 is 9.47 Å². The molecule has 0 N–H and O–H groups in total. The maximum Gasteiger partial charge on any atom is 0.363 e. The minimum Gasteiger partial charge on any atom is -0.454 e. The van der Waals surface area contributed by atoms with Gasteiger partial charge in [0.1, 0.15) is 0 Å². The SMILES string of the molecule is O=C1OC(c2ccccc2)=N/C1=C/c1ccc2c(c1)OCO2. The van der Waals surface area contributed by atoms with Gasteiger partial charge in [-0.2, -0.15) is 0 Å². The lowest BCUT2D eigenvalue weighted by atomic mass is 10.1. The van der Waals surface area contributed by atoms with Gasteiger partial charge in [0.15, 0.2) is 17.2 Å². The molecule has 2 aliphatic heterocycles. The first kappa shape index (κ1) is 12.6. The number of ether oxygens (including phenoxy) is 3. The van der Waals surface area contributed by atoms with Crippen LogP contribution in [0.3, 0.4) is 0 Å². The molecule has 2 aromatic rings. The third-order valence-electron chi connectivity index (χ3n) is 3.34. The molecule has 0 aliphatic carbocycles. The fourth-order valence-corrected chi connectivity index (χ4v) is 2.27. The molecule has 22 heavy (non-hydrogen) atoms. The predicted octanol–water partition coefficient (Wildman–Crippen LogP) is 2.76. The molecule has 0 fully saturated rings. The van der Waals surface area contributed by atoms with E-state index in [-0.39, 0.29) is 12.5 Å². The van der Waals surface area contributed by atoms with Crippen molar-refractivity contribution in [3.05, 3.63) is 65.4 Å². The Morgan fingerprint density at radius 2 is 1.82 bits per heavy atom. The number of nitrogens with zero attached hydrogens (tertiary/aromatic N) is 1. The van der Waals surface area contributed by atoms with Gasteiger partial charge in [-0.05, 0) is 35.9 Å². The van der Waals surface area contributed by atoms with Crippen molar-refractivity contribution in [3.63, 3.8) is 0 Å². The van der Waals surface area contributed by atoms with Gasteiger partial charge in [-0.25, -0.2) is 9.79 Å². The molecule has 2 heterocycles. The molecule has 5 heteroatoms. The lowest BCUT2D eigenvalue weighted by Gasteiger charge is -1.98. The maximum atomic E-state index is 11.9. The van der Waals surface area contributed by atoms with Crippen molar-refractivity contribution >= 4 is 17.9 Å². The van der Waals surface area contributed by atoms with E-state index in [2.05, 4.69) is 4.99 Å². The second-order valence-electron chi connectivity index (χ2n) is 4.81. The third kappa shape index (κ3) is 2.22. The van der Waals surface area contributed by atoms with Crippen LogP contribution in [0, 0.1) is 0 Å². The Morgan fingerprint density at radius 1 is 1.00 bits per heavy atom. The lowest BCUT2D eigenvalue weighted by molar-refractivity contribution is -0.129. The van der Waals surface area contributed by atoms with Crippen LogP contribution in [-0.4, -0.2) is 18.7 Å². The number of esters is 1. The van der Waals surface area contributed by atoms with E-state index in [0.29, 0.717) is 17.4 Å². The van der Waals surface area contributed by atoms with Crippen LogP contribution in [-0.2, 0) is 9.53 Å². The van der Waals surface area contributed by atoms with E-state index in [1.54, 1.807) is 18.2 Å². The zero-order chi connectivity index (χ0) is 14.9. The smallest absolute Gasteiger partial charge is 0.363 e. The van der Waals surface area contributed by atoms with Crippen LogP contribution in [0.25, 0.3) is 6.08 Å². The average Bonchev–Trinajstić information content (AvgIpc) is 3.15. The summed E-state index contributed by atoms with van der Waals surface area (Å²) in [6, 6.07) is 14.8. The Balaban J connectivity index is 1.67. The van der Waals surface area contributed by atoms with Crippen LogP contribution >= 0.6 is 0 Å². The van der Waals surface area contributed by atoms with E-state index < -0.39 is 5.97 Å². The fraction of sp³-hybridized carbons (Fsp3) is 0.0588. The molecule has 0 atom stereocenters. The van der Waals surface area contributed by atoms with Crippen molar-refractivity contribution in [2.45, 2.75) is 0 Å². The zero-order valence-corrected chi connectivity index (χ0v) is 11.5. The molecule has 5 nitrogen and oxygen atoms in total. The zero-order valence-electron chi connectivity index (χ0n) is 11.5. The summed E-state index contributed by atoms with van der Waals surface area (Å²) in [4.78, 5) is 16.2. The van der Waals surface area contributed by atoms with Crippen molar-refractivity contribution in [2.75, 3.05) is 6.79 Å². The van der Waals surface area contributed by atoms with Gasteiger partial charge < -0.3 is 14.2 Å². The van der Waals surface area contributed by atoms with E-state index in [1.807, 2.05) is 36.4 Å². The van der Waals surface area contributed by atoms with Crippen LogP contribution in [0.2, 0.25) is 0 Å². The first-order valence-corrected chi connectivity index (χ1v) is 6.77. The molecule has 0 unspecified atom stereocenters. The molecular weight excluding hydrogens is 282 g/mol. The minimum atomic E-state index is -0.462. The van der Waals surface area contributed by atoms with Crippen molar-refractivity contribution < 1.29 is 19.0 Å². The topological polar surface area (TPSA) is 57.1 Å². The van der Waals surface area contributed by atoms with Gasteiger partial charge in [0.25, 0.3) is 0 Å². The average molecular weight is 293 g/mol. The van der Waals surface area contributed by atoms with Crippen molar-refractivity contribution in [2.24, 2.45) is 4.99 Å². The number of rotatable bonds is 2. The highest BCUT2D eigenvalue weighted by molar-refractivity contribution is 6.12. The van der Waals surface area contributed by atoms with Gasteiger partial charge in [-0.3, -0.25) is 0 Å². The summed E-state index contributed by atoms with van der Waals surface area (Å²) in [6.07, 6.45) is 1.67. The van der Waals surface area contributed by atoms with Crippen molar-refractivity contribution in [1.29, 1.82) is 0 Å². The number of benzene rings is 2. The van der Waals surface area contributed by atoms with Gasteiger partial charge in [-0.1, -0.05) is 24.3 Å². The predicted molar refractivity (Wildman–Crippen MR) is 79.6 cm³/mol. The van der Waals surface area contributed by atoms with E-state index in [1.165, 1.54) is 0 Å². The number of hydrogen-bond donors (Lipinski definition) is 0. The Bertz CT molecular complexity index is 809. The largest absolute Gasteiger partial charge is 0.454 e. The highest BCUT2D eigenvalue weighted by Crippen LogP contribution is 2.33. The van der Waals surface area contributed by atoms with Crippen LogP contribution in [0.1, 0.15) is 11.1 Å². The van der Waals surface area contributed by atoms with Crippen LogP contribution in [0.5, 0.6) is 11.5 Å². The summed E-state index contributed by atoms with van der Waals surface area (Å²) < 4.78 is 15.8. The fourth-order valence-electron chi connectivity index (χ4n) is 2.27. The molecule has 108 valence electrons. The summed E-state index contributed by atoms with van der Waals surface area (Å²) in [5.41, 5.74) is 1.83. The molecular formula is C17H11NO4. The highest BCUT2D eigenvalue weighted by Gasteiger charge is 2.24. The normalized spacial score (nSPS) is 17.5. The first-order valence-electron chi connectivity index (χ1n) is 6.77. The van der Waals surface area contributed by atoms with Gasteiger partial charge >= 0.3 is 5.97 Å². The van der Waals surface area contributed by atoms with Gasteiger partial charge in [0.2, 0.25) is 12.7 Å². The number of carbonyl (C=O) groups excluding carboxylic acids is 1. The molecule has 0 saturated heterocycles.